The molecule has 2 rings (SSSR count). The van der Waals surface area contributed by atoms with Crippen LogP contribution in [0.15, 0.2) is 48.5 Å². The van der Waals surface area contributed by atoms with Crippen LogP contribution in [0.4, 0.5) is 5.69 Å². The van der Waals surface area contributed by atoms with E-state index in [0.29, 0.717) is 0 Å². The maximum Gasteiger partial charge on any atom is 0.0340 e. The van der Waals surface area contributed by atoms with Crippen LogP contribution in [0.2, 0.25) is 0 Å². The van der Waals surface area contributed by atoms with Crippen LogP contribution in [0.1, 0.15) is 16.7 Å². The van der Waals surface area contributed by atoms with Crippen molar-refractivity contribution in [3.8, 4) is 0 Å². The standard InChI is InChI=1S/C17H21NS/c1-14-7-9-17(10-8-14)18-11-12-19-13-16-6-4-3-5-15(16)2/h3-10,18H,11-13H2,1-2H3. The molecular weight excluding hydrogens is 250 g/mol. The molecule has 2 heteroatoms. The molecule has 0 atom stereocenters. The molecule has 0 fully saturated rings. The molecule has 100 valence electrons. The number of rotatable bonds is 6. The summed E-state index contributed by atoms with van der Waals surface area (Å²) in [6.07, 6.45) is 0. The first-order valence-corrected chi connectivity index (χ1v) is 7.84. The summed E-state index contributed by atoms with van der Waals surface area (Å²) in [7, 11) is 0. The van der Waals surface area contributed by atoms with E-state index in [4.69, 9.17) is 0 Å². The van der Waals surface area contributed by atoms with Crippen molar-refractivity contribution in [3.63, 3.8) is 0 Å². The molecule has 2 aromatic carbocycles. The van der Waals surface area contributed by atoms with Gasteiger partial charge in [-0.05, 0) is 37.1 Å². The van der Waals surface area contributed by atoms with E-state index >= 15 is 0 Å². The fourth-order valence-corrected chi connectivity index (χ4v) is 2.83. The predicted molar refractivity (Wildman–Crippen MR) is 87.0 cm³/mol. The highest BCUT2D eigenvalue weighted by Gasteiger charge is 1.97. The average molecular weight is 271 g/mol. The van der Waals surface area contributed by atoms with E-state index in [-0.39, 0.29) is 0 Å². The second kappa shape index (κ2) is 7.25. The smallest absolute Gasteiger partial charge is 0.0340 e. The number of nitrogens with one attached hydrogen (secondary N) is 1. The highest BCUT2D eigenvalue weighted by atomic mass is 32.2. The van der Waals surface area contributed by atoms with E-state index in [1.807, 2.05) is 11.8 Å². The molecule has 0 spiro atoms. The average Bonchev–Trinajstić information content (AvgIpc) is 2.42. The van der Waals surface area contributed by atoms with Crippen molar-refractivity contribution in [2.24, 2.45) is 0 Å². The summed E-state index contributed by atoms with van der Waals surface area (Å²) in [5, 5.41) is 3.45. The number of benzene rings is 2. The van der Waals surface area contributed by atoms with Crippen molar-refractivity contribution < 1.29 is 0 Å². The van der Waals surface area contributed by atoms with Crippen LogP contribution in [-0.2, 0) is 5.75 Å². The van der Waals surface area contributed by atoms with E-state index in [0.717, 1.165) is 18.1 Å². The minimum atomic E-state index is 1.01. The summed E-state index contributed by atoms with van der Waals surface area (Å²) in [5.41, 5.74) is 5.35. The Hall–Kier alpha value is -1.41. The van der Waals surface area contributed by atoms with Gasteiger partial charge < -0.3 is 5.32 Å². The van der Waals surface area contributed by atoms with Crippen LogP contribution in [0.3, 0.4) is 0 Å². The van der Waals surface area contributed by atoms with Crippen LogP contribution < -0.4 is 5.32 Å². The number of anilines is 1. The molecule has 2 aromatic rings. The Morgan fingerprint density at radius 2 is 1.68 bits per heavy atom. The molecule has 0 radical (unpaired) electrons. The molecule has 0 bridgehead atoms. The Balaban J connectivity index is 1.67. The number of hydrogen-bond acceptors (Lipinski definition) is 2. The minimum Gasteiger partial charge on any atom is -0.384 e. The van der Waals surface area contributed by atoms with Crippen molar-refractivity contribution in [2.45, 2.75) is 19.6 Å². The lowest BCUT2D eigenvalue weighted by molar-refractivity contribution is 1.21. The molecule has 0 saturated carbocycles. The molecule has 0 aliphatic heterocycles. The first-order chi connectivity index (χ1) is 9.25. The Bertz CT molecular complexity index is 505. The third-order valence-corrected chi connectivity index (χ3v) is 4.15. The lowest BCUT2D eigenvalue weighted by atomic mass is 10.1. The molecule has 0 saturated heterocycles. The third-order valence-electron chi connectivity index (χ3n) is 3.15. The maximum absolute atomic E-state index is 3.45. The van der Waals surface area contributed by atoms with E-state index in [9.17, 15) is 0 Å². The van der Waals surface area contributed by atoms with Crippen LogP contribution in [0, 0.1) is 13.8 Å². The van der Waals surface area contributed by atoms with Gasteiger partial charge in [0.25, 0.3) is 0 Å². The van der Waals surface area contributed by atoms with Gasteiger partial charge in [0.1, 0.15) is 0 Å². The van der Waals surface area contributed by atoms with Gasteiger partial charge in [-0.2, -0.15) is 11.8 Å². The summed E-state index contributed by atoms with van der Waals surface area (Å²) in [6.45, 7) is 5.31. The van der Waals surface area contributed by atoms with Gasteiger partial charge in [0.05, 0.1) is 0 Å². The topological polar surface area (TPSA) is 12.0 Å². The summed E-state index contributed by atoms with van der Waals surface area (Å²) < 4.78 is 0. The van der Waals surface area contributed by atoms with Crippen LogP contribution in [0.5, 0.6) is 0 Å². The van der Waals surface area contributed by atoms with Crippen LogP contribution in [0.25, 0.3) is 0 Å². The fraction of sp³-hybridized carbons (Fsp3) is 0.294. The molecule has 0 unspecified atom stereocenters. The monoisotopic (exact) mass is 271 g/mol. The lowest BCUT2D eigenvalue weighted by Crippen LogP contribution is -2.04. The molecule has 1 N–H and O–H groups in total. The van der Waals surface area contributed by atoms with E-state index in [1.165, 1.54) is 22.4 Å². The highest BCUT2D eigenvalue weighted by molar-refractivity contribution is 7.98. The van der Waals surface area contributed by atoms with Gasteiger partial charge in [0, 0.05) is 23.7 Å². The zero-order valence-corrected chi connectivity index (χ0v) is 12.5. The van der Waals surface area contributed by atoms with Gasteiger partial charge in [-0.25, -0.2) is 0 Å². The Morgan fingerprint density at radius 1 is 0.947 bits per heavy atom. The Morgan fingerprint density at radius 3 is 2.42 bits per heavy atom. The second-order valence-corrected chi connectivity index (χ2v) is 5.88. The lowest BCUT2D eigenvalue weighted by Gasteiger charge is -2.08. The molecule has 0 amide bonds. The van der Waals surface area contributed by atoms with Crippen molar-refractivity contribution in [1.82, 2.24) is 0 Å². The zero-order valence-electron chi connectivity index (χ0n) is 11.6. The summed E-state index contributed by atoms with van der Waals surface area (Å²) >= 11 is 1.98. The van der Waals surface area contributed by atoms with Crippen molar-refractivity contribution >= 4 is 17.4 Å². The van der Waals surface area contributed by atoms with E-state index < -0.39 is 0 Å². The molecule has 0 aromatic heterocycles. The maximum atomic E-state index is 3.45. The van der Waals surface area contributed by atoms with Gasteiger partial charge in [0.15, 0.2) is 0 Å². The van der Waals surface area contributed by atoms with E-state index in [1.54, 1.807) is 0 Å². The third kappa shape index (κ3) is 4.64. The first-order valence-electron chi connectivity index (χ1n) is 6.68. The Labute approximate surface area is 120 Å². The van der Waals surface area contributed by atoms with E-state index in [2.05, 4.69) is 67.7 Å². The summed E-state index contributed by atoms with van der Waals surface area (Å²) in [4.78, 5) is 0. The number of aryl methyl sites for hydroxylation is 2. The molecule has 1 nitrogen and oxygen atoms in total. The molecule has 19 heavy (non-hydrogen) atoms. The van der Waals surface area contributed by atoms with Crippen LogP contribution in [-0.4, -0.2) is 12.3 Å². The minimum absolute atomic E-state index is 1.01. The fourth-order valence-electron chi connectivity index (χ4n) is 1.89. The second-order valence-electron chi connectivity index (χ2n) is 4.77. The van der Waals surface area contributed by atoms with Crippen molar-refractivity contribution in [3.05, 3.63) is 65.2 Å². The van der Waals surface area contributed by atoms with Crippen molar-refractivity contribution in [1.29, 1.82) is 0 Å². The molecule has 0 heterocycles. The zero-order chi connectivity index (χ0) is 13.5. The summed E-state index contributed by atoms with van der Waals surface area (Å²) in [5.74, 6) is 2.23. The SMILES string of the molecule is Cc1ccc(NCCSCc2ccccc2C)cc1. The largest absolute Gasteiger partial charge is 0.384 e. The number of thioether (sulfide) groups is 1. The highest BCUT2D eigenvalue weighted by Crippen LogP contribution is 2.16. The van der Waals surface area contributed by atoms with Crippen molar-refractivity contribution in [2.75, 3.05) is 17.6 Å². The van der Waals surface area contributed by atoms with Gasteiger partial charge in [-0.3, -0.25) is 0 Å². The first kappa shape index (κ1) is 14.0. The molecular formula is C17H21NS. The number of hydrogen-bond donors (Lipinski definition) is 1. The summed E-state index contributed by atoms with van der Waals surface area (Å²) in [6, 6.07) is 17.2. The van der Waals surface area contributed by atoms with Crippen LogP contribution >= 0.6 is 11.8 Å². The predicted octanol–water partition coefficient (Wildman–Crippen LogP) is 4.65. The van der Waals surface area contributed by atoms with Gasteiger partial charge in [-0.1, -0.05) is 42.0 Å². The molecule has 0 aliphatic carbocycles. The van der Waals surface area contributed by atoms with Gasteiger partial charge >= 0.3 is 0 Å². The quantitative estimate of drug-likeness (QED) is 0.768. The Kier molecular flexibility index (Phi) is 5.34. The van der Waals surface area contributed by atoms with Gasteiger partial charge in [0.2, 0.25) is 0 Å². The molecule has 0 aliphatic rings. The normalized spacial score (nSPS) is 10.4. The van der Waals surface area contributed by atoms with Gasteiger partial charge in [-0.15, -0.1) is 0 Å².